The summed E-state index contributed by atoms with van der Waals surface area (Å²) < 4.78 is 5.22. The van der Waals surface area contributed by atoms with E-state index < -0.39 is 18.1 Å². The molecule has 1 aromatic rings. The summed E-state index contributed by atoms with van der Waals surface area (Å²) in [6.07, 6.45) is 8.74. The number of benzene rings is 1. The SMILES string of the molecule is O=C(NC(C(=O)O)C12CC(C3CCCCC3)(C1)C2)OCc1ccccc1. The van der Waals surface area contributed by atoms with E-state index in [0.717, 1.165) is 30.7 Å². The van der Waals surface area contributed by atoms with Gasteiger partial charge in [-0.3, -0.25) is 0 Å². The molecule has 0 aromatic heterocycles. The zero-order chi connectivity index (χ0) is 18.2. The highest BCUT2D eigenvalue weighted by Gasteiger charge is 2.73. The molecule has 26 heavy (non-hydrogen) atoms. The van der Waals surface area contributed by atoms with Gasteiger partial charge in [-0.05, 0) is 49.0 Å². The smallest absolute Gasteiger partial charge is 0.408 e. The van der Waals surface area contributed by atoms with Crippen molar-refractivity contribution in [1.29, 1.82) is 0 Å². The Morgan fingerprint density at radius 3 is 2.38 bits per heavy atom. The second kappa shape index (κ2) is 6.60. The van der Waals surface area contributed by atoms with Gasteiger partial charge in [-0.15, -0.1) is 0 Å². The first-order valence-electron chi connectivity index (χ1n) is 9.73. The van der Waals surface area contributed by atoms with Crippen molar-refractivity contribution in [1.82, 2.24) is 5.32 Å². The number of hydrogen-bond donors (Lipinski definition) is 2. The summed E-state index contributed by atoms with van der Waals surface area (Å²) >= 11 is 0. The van der Waals surface area contributed by atoms with Gasteiger partial charge < -0.3 is 15.2 Å². The first-order valence-corrected chi connectivity index (χ1v) is 9.73. The van der Waals surface area contributed by atoms with Crippen LogP contribution >= 0.6 is 0 Å². The van der Waals surface area contributed by atoms with E-state index in [2.05, 4.69) is 5.32 Å². The fraction of sp³-hybridized carbons (Fsp3) is 0.619. The molecule has 4 saturated carbocycles. The molecule has 5 rings (SSSR count). The Bertz CT molecular complexity index is 661. The van der Waals surface area contributed by atoms with Crippen molar-refractivity contribution < 1.29 is 19.4 Å². The van der Waals surface area contributed by atoms with E-state index in [-0.39, 0.29) is 12.0 Å². The maximum Gasteiger partial charge on any atom is 0.408 e. The minimum absolute atomic E-state index is 0.151. The lowest BCUT2D eigenvalue weighted by molar-refractivity contribution is -0.255. The van der Waals surface area contributed by atoms with E-state index in [4.69, 9.17) is 4.74 Å². The second-order valence-corrected chi connectivity index (χ2v) is 8.57. The monoisotopic (exact) mass is 357 g/mol. The molecule has 0 heterocycles. The molecule has 0 radical (unpaired) electrons. The maximum absolute atomic E-state index is 12.1. The van der Waals surface area contributed by atoms with Crippen molar-refractivity contribution in [3.8, 4) is 0 Å². The minimum atomic E-state index is -0.946. The molecule has 5 heteroatoms. The fourth-order valence-corrected chi connectivity index (χ4v) is 5.76. The van der Waals surface area contributed by atoms with E-state index in [1.807, 2.05) is 30.3 Å². The average molecular weight is 357 g/mol. The predicted octanol–water partition coefficient (Wildman–Crippen LogP) is 4.12. The zero-order valence-electron chi connectivity index (χ0n) is 15.1. The lowest BCUT2D eigenvalue weighted by Crippen LogP contribution is -2.73. The van der Waals surface area contributed by atoms with Crippen LogP contribution in [-0.4, -0.2) is 23.2 Å². The van der Waals surface area contributed by atoms with Gasteiger partial charge in [0.1, 0.15) is 12.6 Å². The highest BCUT2D eigenvalue weighted by atomic mass is 16.5. The third-order valence-corrected chi connectivity index (χ3v) is 6.92. The Kier molecular flexibility index (Phi) is 4.41. The number of alkyl carbamates (subject to hydrolysis) is 1. The fourth-order valence-electron chi connectivity index (χ4n) is 5.76. The highest BCUT2D eigenvalue weighted by Crippen LogP contribution is 2.78. The van der Waals surface area contributed by atoms with Crippen LogP contribution in [0, 0.1) is 16.7 Å². The number of amides is 1. The molecular weight excluding hydrogens is 330 g/mol. The van der Waals surface area contributed by atoms with Crippen LogP contribution in [0.1, 0.15) is 56.9 Å². The number of ether oxygens (including phenoxy) is 1. The standard InChI is InChI=1S/C21H27NO4/c23-18(24)17(22-19(25)26-11-15-7-3-1-4-8-15)21-12-20(13-21,14-21)16-9-5-2-6-10-16/h1,3-4,7-8,16-17H,2,5-6,9-14H2,(H,22,25)(H,23,24). The number of carboxylic acids is 1. The van der Waals surface area contributed by atoms with Gasteiger partial charge in [0, 0.05) is 5.41 Å². The molecule has 1 atom stereocenters. The highest BCUT2D eigenvalue weighted by molar-refractivity contribution is 5.81. The van der Waals surface area contributed by atoms with Gasteiger partial charge in [0.05, 0.1) is 0 Å². The Labute approximate surface area is 154 Å². The Hall–Kier alpha value is -2.04. The molecule has 4 aliphatic rings. The van der Waals surface area contributed by atoms with Crippen molar-refractivity contribution in [3.63, 3.8) is 0 Å². The molecule has 0 aliphatic heterocycles. The van der Waals surface area contributed by atoms with Crippen LogP contribution in [0.4, 0.5) is 4.79 Å². The zero-order valence-corrected chi connectivity index (χ0v) is 15.1. The third-order valence-electron chi connectivity index (χ3n) is 6.92. The summed E-state index contributed by atoms with van der Waals surface area (Å²) in [5, 5.41) is 12.3. The van der Waals surface area contributed by atoms with Crippen LogP contribution in [0.3, 0.4) is 0 Å². The molecule has 140 valence electrons. The van der Waals surface area contributed by atoms with Gasteiger partial charge in [0.15, 0.2) is 0 Å². The van der Waals surface area contributed by atoms with Gasteiger partial charge in [-0.25, -0.2) is 9.59 Å². The maximum atomic E-state index is 12.1. The quantitative estimate of drug-likeness (QED) is 0.803. The van der Waals surface area contributed by atoms with Crippen molar-refractivity contribution in [2.45, 2.75) is 64.0 Å². The first-order chi connectivity index (χ1) is 12.5. The number of carbonyl (C=O) groups is 2. The first kappa shape index (κ1) is 17.4. The van der Waals surface area contributed by atoms with E-state index in [9.17, 15) is 14.7 Å². The van der Waals surface area contributed by atoms with Crippen molar-refractivity contribution >= 4 is 12.1 Å². The van der Waals surface area contributed by atoms with E-state index in [1.54, 1.807) is 0 Å². The molecule has 4 aliphatic carbocycles. The minimum Gasteiger partial charge on any atom is -0.480 e. The molecular formula is C21H27NO4. The van der Waals surface area contributed by atoms with E-state index in [1.165, 1.54) is 32.1 Å². The van der Waals surface area contributed by atoms with Gasteiger partial charge >= 0.3 is 12.1 Å². The van der Waals surface area contributed by atoms with Gasteiger partial charge in [0.2, 0.25) is 0 Å². The summed E-state index contributed by atoms with van der Waals surface area (Å²) in [5.41, 5.74) is 0.995. The van der Waals surface area contributed by atoms with Crippen LogP contribution in [0.5, 0.6) is 0 Å². The lowest BCUT2D eigenvalue weighted by atomic mass is 9.29. The molecule has 0 saturated heterocycles. The molecule has 5 nitrogen and oxygen atoms in total. The number of hydrogen-bond acceptors (Lipinski definition) is 3. The van der Waals surface area contributed by atoms with Crippen LogP contribution in [0.25, 0.3) is 0 Å². The molecule has 1 aromatic carbocycles. The van der Waals surface area contributed by atoms with Crippen molar-refractivity contribution in [2.75, 3.05) is 0 Å². The Balaban J connectivity index is 1.32. The van der Waals surface area contributed by atoms with Crippen LogP contribution < -0.4 is 5.32 Å². The predicted molar refractivity (Wildman–Crippen MR) is 96.5 cm³/mol. The Morgan fingerprint density at radius 1 is 1.12 bits per heavy atom. The van der Waals surface area contributed by atoms with Gasteiger partial charge in [-0.2, -0.15) is 0 Å². The second-order valence-electron chi connectivity index (χ2n) is 8.57. The summed E-state index contributed by atoms with van der Waals surface area (Å²) in [5.74, 6) is -0.184. The van der Waals surface area contributed by atoms with E-state index in [0.29, 0.717) is 5.41 Å². The number of carboxylic acid groups (broad SMARTS) is 1. The molecule has 2 N–H and O–H groups in total. The largest absolute Gasteiger partial charge is 0.480 e. The summed E-state index contributed by atoms with van der Waals surface area (Å²) in [6, 6.07) is 8.56. The molecule has 1 unspecified atom stereocenters. The van der Waals surface area contributed by atoms with Gasteiger partial charge in [0.25, 0.3) is 0 Å². The average Bonchev–Trinajstić information content (AvgIpc) is 2.58. The van der Waals surface area contributed by atoms with Crippen molar-refractivity contribution in [3.05, 3.63) is 35.9 Å². The summed E-state index contributed by atoms with van der Waals surface area (Å²) in [6.45, 7) is 0.151. The number of nitrogens with one attached hydrogen (secondary N) is 1. The Morgan fingerprint density at radius 2 is 1.77 bits per heavy atom. The van der Waals surface area contributed by atoms with E-state index >= 15 is 0 Å². The molecule has 2 bridgehead atoms. The van der Waals surface area contributed by atoms with Crippen LogP contribution in [0.15, 0.2) is 30.3 Å². The van der Waals surface area contributed by atoms with Crippen LogP contribution in [0.2, 0.25) is 0 Å². The number of aliphatic carboxylic acids is 1. The normalized spacial score (nSPS) is 31.2. The number of rotatable bonds is 6. The molecule has 0 spiro atoms. The van der Waals surface area contributed by atoms with Crippen molar-refractivity contribution in [2.24, 2.45) is 16.7 Å². The third kappa shape index (κ3) is 2.97. The van der Waals surface area contributed by atoms with Gasteiger partial charge in [-0.1, -0.05) is 49.6 Å². The molecule has 4 fully saturated rings. The molecule has 1 amide bonds. The number of carbonyl (C=O) groups excluding carboxylic acids is 1. The summed E-state index contributed by atoms with van der Waals surface area (Å²) in [4.78, 5) is 23.9. The van der Waals surface area contributed by atoms with Crippen LogP contribution in [-0.2, 0) is 16.1 Å². The summed E-state index contributed by atoms with van der Waals surface area (Å²) in [7, 11) is 0. The lowest BCUT2D eigenvalue weighted by Gasteiger charge is -2.75. The topological polar surface area (TPSA) is 75.6 Å².